The molecular formula is C12H16ClN3O2S2. The van der Waals surface area contributed by atoms with Gasteiger partial charge in [0.25, 0.3) is 0 Å². The fourth-order valence-electron chi connectivity index (χ4n) is 2.02. The molecule has 0 aromatic heterocycles. The van der Waals surface area contributed by atoms with E-state index in [1.165, 1.54) is 16.4 Å². The zero-order chi connectivity index (χ0) is 14.9. The maximum atomic E-state index is 12.6. The van der Waals surface area contributed by atoms with Crippen LogP contribution in [0.3, 0.4) is 0 Å². The number of hydrogen-bond acceptors (Lipinski definition) is 4. The molecule has 0 atom stereocenters. The summed E-state index contributed by atoms with van der Waals surface area (Å²) in [5.41, 5.74) is 6.04. The molecule has 1 aliphatic heterocycles. The summed E-state index contributed by atoms with van der Waals surface area (Å²) in [6, 6.07) is 4.57. The van der Waals surface area contributed by atoms with E-state index >= 15 is 0 Å². The molecule has 0 unspecified atom stereocenters. The third-order valence-electron chi connectivity index (χ3n) is 3.30. The minimum Gasteiger partial charge on any atom is -0.389 e. The number of halogens is 1. The lowest BCUT2D eigenvalue weighted by Gasteiger charge is -2.31. The molecule has 1 saturated heterocycles. The maximum absolute atomic E-state index is 12.6. The van der Waals surface area contributed by atoms with Crippen molar-refractivity contribution in [3.63, 3.8) is 0 Å². The van der Waals surface area contributed by atoms with Gasteiger partial charge in [-0.2, -0.15) is 4.31 Å². The molecule has 0 spiro atoms. The molecular weight excluding hydrogens is 318 g/mol. The molecule has 8 heteroatoms. The van der Waals surface area contributed by atoms with Crippen molar-refractivity contribution in [2.75, 3.05) is 33.2 Å². The van der Waals surface area contributed by atoms with E-state index in [4.69, 9.17) is 29.6 Å². The smallest absolute Gasteiger partial charge is 0.244 e. The van der Waals surface area contributed by atoms with Crippen LogP contribution in [0.4, 0.5) is 0 Å². The summed E-state index contributed by atoms with van der Waals surface area (Å²) in [6.07, 6.45) is 0. The van der Waals surface area contributed by atoms with E-state index in [1.807, 2.05) is 7.05 Å². The van der Waals surface area contributed by atoms with E-state index < -0.39 is 10.0 Å². The van der Waals surface area contributed by atoms with E-state index in [9.17, 15) is 8.42 Å². The minimum absolute atomic E-state index is 0.0639. The third kappa shape index (κ3) is 3.12. The lowest BCUT2D eigenvalue weighted by atomic mass is 10.2. The molecule has 20 heavy (non-hydrogen) atoms. The summed E-state index contributed by atoms with van der Waals surface area (Å²) in [6.45, 7) is 2.30. The zero-order valence-corrected chi connectivity index (χ0v) is 13.4. The van der Waals surface area contributed by atoms with Crippen LogP contribution in [0, 0.1) is 0 Å². The van der Waals surface area contributed by atoms with E-state index in [0.717, 1.165) is 0 Å². The monoisotopic (exact) mass is 333 g/mol. The summed E-state index contributed by atoms with van der Waals surface area (Å²) in [4.78, 5) is 2.30. The van der Waals surface area contributed by atoms with Gasteiger partial charge in [-0.25, -0.2) is 8.42 Å². The van der Waals surface area contributed by atoms with Crippen molar-refractivity contribution >= 4 is 38.8 Å². The van der Waals surface area contributed by atoms with Gasteiger partial charge < -0.3 is 10.6 Å². The van der Waals surface area contributed by atoms with Gasteiger partial charge in [-0.05, 0) is 19.2 Å². The van der Waals surface area contributed by atoms with Gasteiger partial charge in [-0.15, -0.1) is 0 Å². The highest BCUT2D eigenvalue weighted by molar-refractivity contribution is 7.89. The molecule has 1 aromatic rings. The average molecular weight is 334 g/mol. The Bertz CT molecular complexity index is 626. The van der Waals surface area contributed by atoms with Gasteiger partial charge >= 0.3 is 0 Å². The second-order valence-corrected chi connectivity index (χ2v) is 7.47. The Morgan fingerprint density at radius 2 is 1.90 bits per heavy atom. The lowest BCUT2D eigenvalue weighted by Crippen LogP contribution is -2.47. The molecule has 2 rings (SSSR count). The Kier molecular flexibility index (Phi) is 4.66. The van der Waals surface area contributed by atoms with Crippen LogP contribution in [-0.2, 0) is 10.0 Å². The molecule has 1 aromatic carbocycles. The second kappa shape index (κ2) is 5.95. The normalized spacial score (nSPS) is 18.1. The number of nitrogens with two attached hydrogens (primary N) is 1. The number of rotatable bonds is 3. The molecule has 5 nitrogen and oxygen atoms in total. The van der Waals surface area contributed by atoms with Gasteiger partial charge in [0.15, 0.2) is 0 Å². The maximum Gasteiger partial charge on any atom is 0.244 e. The first kappa shape index (κ1) is 15.7. The van der Waals surface area contributed by atoms with Gasteiger partial charge in [0.05, 0.1) is 5.02 Å². The topological polar surface area (TPSA) is 66.6 Å². The van der Waals surface area contributed by atoms with Crippen LogP contribution in [0.1, 0.15) is 5.56 Å². The van der Waals surface area contributed by atoms with Crippen LogP contribution in [0.2, 0.25) is 5.02 Å². The summed E-state index contributed by atoms with van der Waals surface area (Å²) in [5.74, 6) is 0. The Balaban J connectivity index is 2.38. The SMILES string of the molecule is CN1CCN(S(=O)(=O)c2cc(C(N)=S)ccc2Cl)CC1. The van der Waals surface area contributed by atoms with Crippen molar-refractivity contribution in [1.82, 2.24) is 9.21 Å². The Labute approximate surface area is 129 Å². The van der Waals surface area contributed by atoms with Crippen LogP contribution in [0.5, 0.6) is 0 Å². The molecule has 0 amide bonds. The lowest BCUT2D eigenvalue weighted by molar-refractivity contribution is 0.222. The van der Waals surface area contributed by atoms with Crippen molar-refractivity contribution in [1.29, 1.82) is 0 Å². The minimum atomic E-state index is -3.61. The summed E-state index contributed by atoms with van der Waals surface area (Å²) >= 11 is 10.9. The Morgan fingerprint density at radius 1 is 1.30 bits per heavy atom. The number of hydrogen-bond donors (Lipinski definition) is 1. The number of nitrogens with zero attached hydrogens (tertiary/aromatic N) is 2. The average Bonchev–Trinajstić information content (AvgIpc) is 2.39. The van der Waals surface area contributed by atoms with E-state index in [0.29, 0.717) is 31.7 Å². The van der Waals surface area contributed by atoms with Crippen molar-refractivity contribution in [3.05, 3.63) is 28.8 Å². The largest absolute Gasteiger partial charge is 0.389 e. The number of thiocarbonyl (C=S) groups is 1. The van der Waals surface area contributed by atoms with Crippen LogP contribution in [0.25, 0.3) is 0 Å². The van der Waals surface area contributed by atoms with E-state index in [-0.39, 0.29) is 14.9 Å². The standard InChI is InChI=1S/C12H16ClN3O2S2/c1-15-4-6-16(7-5-15)20(17,18)11-8-9(12(14)19)2-3-10(11)13/h2-3,8H,4-7H2,1H3,(H2,14,19). The number of likely N-dealkylation sites (N-methyl/N-ethyl adjacent to an activating group) is 1. The highest BCUT2D eigenvalue weighted by Crippen LogP contribution is 2.26. The fraction of sp³-hybridized carbons (Fsp3) is 0.417. The van der Waals surface area contributed by atoms with Crippen LogP contribution in [0.15, 0.2) is 23.1 Å². The molecule has 1 aliphatic rings. The van der Waals surface area contributed by atoms with Gasteiger partial charge in [0.1, 0.15) is 9.88 Å². The first-order valence-electron chi connectivity index (χ1n) is 6.10. The number of sulfonamides is 1. The van der Waals surface area contributed by atoms with E-state index in [2.05, 4.69) is 4.90 Å². The molecule has 1 fully saturated rings. The van der Waals surface area contributed by atoms with Gasteiger partial charge in [0, 0.05) is 31.7 Å². The Hall–Kier alpha value is -0.730. The molecule has 0 saturated carbocycles. The first-order chi connectivity index (χ1) is 9.32. The molecule has 1 heterocycles. The predicted molar refractivity (Wildman–Crippen MR) is 83.6 cm³/mol. The van der Waals surface area contributed by atoms with Crippen molar-refractivity contribution in [2.24, 2.45) is 5.73 Å². The third-order valence-corrected chi connectivity index (χ3v) is 5.91. The number of benzene rings is 1. The van der Waals surface area contributed by atoms with E-state index in [1.54, 1.807) is 6.07 Å². The quantitative estimate of drug-likeness (QED) is 0.833. The molecule has 2 N–H and O–H groups in total. The highest BCUT2D eigenvalue weighted by atomic mass is 35.5. The van der Waals surface area contributed by atoms with Crippen molar-refractivity contribution in [2.45, 2.75) is 4.90 Å². The highest BCUT2D eigenvalue weighted by Gasteiger charge is 2.29. The molecule has 110 valence electrons. The van der Waals surface area contributed by atoms with Gasteiger partial charge in [-0.1, -0.05) is 29.9 Å². The van der Waals surface area contributed by atoms with Crippen LogP contribution < -0.4 is 5.73 Å². The van der Waals surface area contributed by atoms with Crippen molar-refractivity contribution < 1.29 is 8.42 Å². The molecule has 0 bridgehead atoms. The van der Waals surface area contributed by atoms with Gasteiger partial charge in [0.2, 0.25) is 10.0 Å². The number of piperazine rings is 1. The Morgan fingerprint density at radius 3 is 2.45 bits per heavy atom. The molecule has 0 aliphatic carbocycles. The summed E-state index contributed by atoms with van der Waals surface area (Å²) < 4.78 is 26.7. The summed E-state index contributed by atoms with van der Waals surface area (Å²) in [5, 5.41) is 0.184. The van der Waals surface area contributed by atoms with Crippen LogP contribution >= 0.6 is 23.8 Å². The second-order valence-electron chi connectivity index (χ2n) is 4.72. The summed E-state index contributed by atoms with van der Waals surface area (Å²) in [7, 11) is -1.65. The first-order valence-corrected chi connectivity index (χ1v) is 8.33. The van der Waals surface area contributed by atoms with Crippen LogP contribution in [-0.4, -0.2) is 55.8 Å². The zero-order valence-electron chi connectivity index (χ0n) is 11.0. The fourth-order valence-corrected chi connectivity index (χ4v) is 4.07. The predicted octanol–water partition coefficient (Wildman–Crippen LogP) is 0.910. The molecule has 0 radical (unpaired) electrons. The van der Waals surface area contributed by atoms with Gasteiger partial charge in [-0.3, -0.25) is 0 Å². The van der Waals surface area contributed by atoms with Crippen molar-refractivity contribution in [3.8, 4) is 0 Å².